The first-order valence-corrected chi connectivity index (χ1v) is 12.3. The first-order chi connectivity index (χ1) is 18.5. The monoisotopic (exact) mass is 509 g/mol. The highest BCUT2D eigenvalue weighted by Gasteiger charge is 2.56. The first kappa shape index (κ1) is 23.8. The average Bonchev–Trinajstić information content (AvgIpc) is 3.57. The second-order valence-electron chi connectivity index (χ2n) is 9.41. The first-order valence-electron chi connectivity index (χ1n) is 12.3. The molecule has 1 saturated carbocycles. The Hall–Kier alpha value is -4.56. The van der Waals surface area contributed by atoms with Gasteiger partial charge in [-0.25, -0.2) is 4.39 Å². The van der Waals surface area contributed by atoms with Gasteiger partial charge in [0.2, 0.25) is 11.8 Å². The molecule has 0 saturated heterocycles. The lowest BCUT2D eigenvalue weighted by molar-refractivity contribution is -0.131. The zero-order valence-corrected chi connectivity index (χ0v) is 20.4. The van der Waals surface area contributed by atoms with Gasteiger partial charge < -0.3 is 20.1 Å². The molecule has 6 rings (SSSR count). The van der Waals surface area contributed by atoms with Crippen LogP contribution in [0.4, 0.5) is 15.8 Å². The summed E-state index contributed by atoms with van der Waals surface area (Å²) in [7, 11) is 0. The van der Waals surface area contributed by atoms with Crippen molar-refractivity contribution >= 4 is 39.7 Å². The summed E-state index contributed by atoms with van der Waals surface area (Å²) < 4.78 is 24.7. The molecule has 1 aliphatic carbocycles. The Balaban J connectivity index is 1.12. The Labute approximate surface area is 218 Å². The summed E-state index contributed by atoms with van der Waals surface area (Å²) in [6.07, 6.45) is 4.69. The van der Waals surface area contributed by atoms with E-state index in [2.05, 4.69) is 21.7 Å². The number of rotatable bonds is 7. The van der Waals surface area contributed by atoms with E-state index in [-0.39, 0.29) is 5.91 Å². The molecule has 190 valence electrons. The summed E-state index contributed by atoms with van der Waals surface area (Å²) >= 11 is 0. The van der Waals surface area contributed by atoms with Crippen LogP contribution in [0.15, 0.2) is 85.1 Å². The van der Waals surface area contributed by atoms with Gasteiger partial charge in [-0.1, -0.05) is 12.1 Å². The smallest absolute Gasteiger partial charge is 0.240 e. The van der Waals surface area contributed by atoms with Gasteiger partial charge >= 0.3 is 0 Å². The van der Waals surface area contributed by atoms with E-state index in [0.29, 0.717) is 48.9 Å². The standard InChI is InChI=1S/C30H24FN3O4/c31-21-2-4-22(5-3-21)33-28(35)30(13-14-30)29(36)34-23-6-8-24(9-7-23)38-27-11-15-32-26-17-19(1-10-25(26)27)20-12-16-37-18-20/h1-12,15,17H,13-14,16,18H2,(H,33,35)(H,34,36). The Bertz CT molecular complexity index is 1560. The Kier molecular flexibility index (Phi) is 6.09. The second kappa shape index (κ2) is 9.72. The van der Waals surface area contributed by atoms with E-state index in [0.717, 1.165) is 22.0 Å². The molecule has 8 heteroatoms. The van der Waals surface area contributed by atoms with Gasteiger partial charge in [0, 0.05) is 23.0 Å². The number of halogens is 1. The van der Waals surface area contributed by atoms with Gasteiger partial charge in [0.15, 0.2) is 0 Å². The van der Waals surface area contributed by atoms with Gasteiger partial charge in [0.05, 0.1) is 18.7 Å². The van der Waals surface area contributed by atoms with Crippen molar-refractivity contribution in [3.63, 3.8) is 0 Å². The molecule has 2 N–H and O–H groups in total. The zero-order chi connectivity index (χ0) is 26.1. The highest BCUT2D eigenvalue weighted by molar-refractivity contribution is 6.16. The number of amides is 2. The minimum absolute atomic E-state index is 0.371. The summed E-state index contributed by atoms with van der Waals surface area (Å²) in [4.78, 5) is 30.2. The van der Waals surface area contributed by atoms with E-state index in [4.69, 9.17) is 9.47 Å². The van der Waals surface area contributed by atoms with Gasteiger partial charge in [-0.3, -0.25) is 14.6 Å². The molecule has 1 fully saturated rings. The van der Waals surface area contributed by atoms with Gasteiger partial charge in [-0.15, -0.1) is 0 Å². The number of ether oxygens (including phenoxy) is 2. The van der Waals surface area contributed by atoms with Gasteiger partial charge in [-0.2, -0.15) is 0 Å². The molecule has 4 aromatic rings. The van der Waals surface area contributed by atoms with Crippen LogP contribution in [0, 0.1) is 11.2 Å². The fourth-order valence-corrected chi connectivity index (χ4v) is 4.45. The van der Waals surface area contributed by atoms with Gasteiger partial charge in [-0.05, 0) is 90.7 Å². The number of hydrogen-bond acceptors (Lipinski definition) is 5. The SMILES string of the molecule is O=C(Nc1ccc(F)cc1)C1(C(=O)Nc2ccc(Oc3ccnc4cc(C5=CCOC5)ccc34)cc2)CC1. The minimum atomic E-state index is -1.13. The topological polar surface area (TPSA) is 89.6 Å². The lowest BCUT2D eigenvalue weighted by Crippen LogP contribution is -2.35. The van der Waals surface area contributed by atoms with Crippen LogP contribution < -0.4 is 15.4 Å². The maximum Gasteiger partial charge on any atom is 0.240 e. The third-order valence-electron chi connectivity index (χ3n) is 6.84. The molecule has 7 nitrogen and oxygen atoms in total. The molecule has 0 radical (unpaired) electrons. The molecule has 1 aromatic heterocycles. The molecule has 2 heterocycles. The third-order valence-corrected chi connectivity index (χ3v) is 6.84. The van der Waals surface area contributed by atoms with E-state index in [1.54, 1.807) is 30.5 Å². The van der Waals surface area contributed by atoms with E-state index < -0.39 is 17.1 Å². The number of carbonyl (C=O) groups excluding carboxylic acids is 2. The fourth-order valence-electron chi connectivity index (χ4n) is 4.45. The molecule has 0 atom stereocenters. The molecule has 2 aliphatic rings. The molecule has 3 aromatic carbocycles. The maximum atomic E-state index is 13.1. The van der Waals surface area contributed by atoms with E-state index in [1.165, 1.54) is 24.3 Å². The van der Waals surface area contributed by atoms with Crippen LogP contribution in [-0.2, 0) is 14.3 Å². The van der Waals surface area contributed by atoms with Gasteiger partial charge in [0.1, 0.15) is 22.7 Å². The van der Waals surface area contributed by atoms with E-state index >= 15 is 0 Å². The lowest BCUT2D eigenvalue weighted by atomic mass is 10.0. The van der Waals surface area contributed by atoms with E-state index in [9.17, 15) is 14.0 Å². The lowest BCUT2D eigenvalue weighted by Gasteiger charge is -2.16. The quantitative estimate of drug-likeness (QED) is 0.301. The Morgan fingerprint density at radius 3 is 2.21 bits per heavy atom. The highest BCUT2D eigenvalue weighted by Crippen LogP contribution is 2.47. The molecule has 38 heavy (non-hydrogen) atoms. The Morgan fingerprint density at radius 2 is 1.58 bits per heavy atom. The fraction of sp³-hybridized carbons (Fsp3) is 0.167. The van der Waals surface area contributed by atoms with Crippen LogP contribution in [-0.4, -0.2) is 30.0 Å². The minimum Gasteiger partial charge on any atom is -0.457 e. The van der Waals surface area contributed by atoms with Crippen molar-refractivity contribution in [1.29, 1.82) is 0 Å². The van der Waals surface area contributed by atoms with Crippen molar-refractivity contribution in [3.05, 3.63) is 96.4 Å². The second-order valence-corrected chi connectivity index (χ2v) is 9.41. The normalized spacial score (nSPS) is 15.6. The number of nitrogens with one attached hydrogen (secondary N) is 2. The van der Waals surface area contributed by atoms with Crippen LogP contribution in [0.1, 0.15) is 18.4 Å². The predicted octanol–water partition coefficient (Wildman–Crippen LogP) is 5.94. The van der Waals surface area contributed by atoms with Gasteiger partial charge in [0.25, 0.3) is 0 Å². The molecular weight excluding hydrogens is 485 g/mol. The number of benzene rings is 3. The number of hydrogen-bond donors (Lipinski definition) is 2. The van der Waals surface area contributed by atoms with Crippen molar-refractivity contribution in [2.24, 2.45) is 5.41 Å². The molecular formula is C30H24FN3O4. The van der Waals surface area contributed by atoms with Crippen molar-refractivity contribution in [2.45, 2.75) is 12.8 Å². The summed E-state index contributed by atoms with van der Waals surface area (Å²) in [5, 5.41) is 6.43. The van der Waals surface area contributed by atoms with Crippen molar-refractivity contribution in [1.82, 2.24) is 4.98 Å². The average molecular weight is 510 g/mol. The van der Waals surface area contributed by atoms with Crippen molar-refractivity contribution in [2.75, 3.05) is 23.8 Å². The largest absolute Gasteiger partial charge is 0.457 e. The zero-order valence-electron chi connectivity index (χ0n) is 20.4. The molecule has 1 aliphatic heterocycles. The number of carbonyl (C=O) groups is 2. The summed E-state index contributed by atoms with van der Waals surface area (Å²) in [5.41, 5.74) is 2.93. The van der Waals surface area contributed by atoms with Crippen LogP contribution in [0.5, 0.6) is 11.5 Å². The van der Waals surface area contributed by atoms with Crippen molar-refractivity contribution < 1.29 is 23.5 Å². The maximum absolute atomic E-state index is 13.1. The number of aromatic nitrogens is 1. The third kappa shape index (κ3) is 4.73. The number of pyridine rings is 1. The highest BCUT2D eigenvalue weighted by atomic mass is 19.1. The van der Waals surface area contributed by atoms with E-state index in [1.807, 2.05) is 24.3 Å². The number of fused-ring (bicyclic) bond motifs is 1. The predicted molar refractivity (Wildman–Crippen MR) is 142 cm³/mol. The van der Waals surface area contributed by atoms with Crippen LogP contribution in [0.3, 0.4) is 0 Å². The molecule has 0 unspecified atom stereocenters. The van der Waals surface area contributed by atoms with Crippen LogP contribution >= 0.6 is 0 Å². The number of nitrogens with zero attached hydrogens (tertiary/aromatic N) is 1. The summed E-state index contributed by atoms with van der Waals surface area (Å²) in [6.45, 7) is 1.23. The Morgan fingerprint density at radius 1 is 0.895 bits per heavy atom. The summed E-state index contributed by atoms with van der Waals surface area (Å²) in [5.74, 6) is 0.106. The van der Waals surface area contributed by atoms with Crippen LogP contribution in [0.2, 0.25) is 0 Å². The molecule has 0 bridgehead atoms. The number of anilines is 2. The van der Waals surface area contributed by atoms with Crippen LogP contribution in [0.25, 0.3) is 16.5 Å². The summed E-state index contributed by atoms with van der Waals surface area (Å²) in [6, 6.07) is 20.3. The molecule has 2 amide bonds. The van der Waals surface area contributed by atoms with Crippen molar-refractivity contribution in [3.8, 4) is 11.5 Å². The molecule has 0 spiro atoms.